The van der Waals surface area contributed by atoms with Crippen LogP contribution in [0.5, 0.6) is 0 Å². The van der Waals surface area contributed by atoms with Crippen molar-refractivity contribution in [1.82, 2.24) is 0 Å². The second-order valence-electron chi connectivity index (χ2n) is 3.02. The summed E-state index contributed by atoms with van der Waals surface area (Å²) < 4.78 is 0. The SMILES string of the molecule is Cc1ccc(SCC(N)=O)c(C)c1. The minimum absolute atomic E-state index is 0.273. The molecule has 1 rings (SSSR count). The number of primary amides is 1. The van der Waals surface area contributed by atoms with Crippen molar-refractivity contribution in [2.75, 3.05) is 5.75 Å². The second kappa shape index (κ2) is 4.33. The molecule has 0 aliphatic carbocycles. The van der Waals surface area contributed by atoms with Crippen LogP contribution in [0.15, 0.2) is 23.1 Å². The Labute approximate surface area is 82.5 Å². The number of thioether (sulfide) groups is 1. The highest BCUT2D eigenvalue weighted by atomic mass is 32.2. The van der Waals surface area contributed by atoms with Crippen LogP contribution in [-0.4, -0.2) is 11.7 Å². The largest absolute Gasteiger partial charge is 0.369 e. The van der Waals surface area contributed by atoms with Gasteiger partial charge >= 0.3 is 0 Å². The van der Waals surface area contributed by atoms with E-state index >= 15 is 0 Å². The lowest BCUT2D eigenvalue weighted by Crippen LogP contribution is -2.13. The van der Waals surface area contributed by atoms with Crippen molar-refractivity contribution in [2.24, 2.45) is 5.73 Å². The molecule has 0 bridgehead atoms. The van der Waals surface area contributed by atoms with Gasteiger partial charge in [-0.1, -0.05) is 17.7 Å². The van der Waals surface area contributed by atoms with E-state index in [1.807, 2.05) is 19.1 Å². The zero-order valence-corrected chi connectivity index (χ0v) is 8.65. The monoisotopic (exact) mass is 195 g/mol. The summed E-state index contributed by atoms with van der Waals surface area (Å²) in [5.41, 5.74) is 7.50. The van der Waals surface area contributed by atoms with Crippen LogP contribution in [0.4, 0.5) is 0 Å². The van der Waals surface area contributed by atoms with Crippen LogP contribution in [0.3, 0.4) is 0 Å². The minimum Gasteiger partial charge on any atom is -0.369 e. The van der Waals surface area contributed by atoms with Crippen LogP contribution in [-0.2, 0) is 4.79 Å². The molecule has 0 radical (unpaired) electrons. The number of benzene rings is 1. The van der Waals surface area contributed by atoms with Crippen LogP contribution in [0.2, 0.25) is 0 Å². The van der Waals surface area contributed by atoms with Crippen LogP contribution >= 0.6 is 11.8 Å². The molecular weight excluding hydrogens is 182 g/mol. The Morgan fingerprint density at radius 2 is 2.15 bits per heavy atom. The maximum absolute atomic E-state index is 10.6. The topological polar surface area (TPSA) is 43.1 Å². The van der Waals surface area contributed by atoms with Crippen LogP contribution in [0.25, 0.3) is 0 Å². The van der Waals surface area contributed by atoms with Gasteiger partial charge in [-0.15, -0.1) is 11.8 Å². The fraction of sp³-hybridized carbons (Fsp3) is 0.300. The number of hydrogen-bond donors (Lipinski definition) is 1. The highest BCUT2D eigenvalue weighted by Crippen LogP contribution is 2.22. The van der Waals surface area contributed by atoms with Gasteiger partial charge in [0.25, 0.3) is 0 Å². The molecule has 2 nitrogen and oxygen atoms in total. The van der Waals surface area contributed by atoms with Gasteiger partial charge < -0.3 is 5.73 Å². The zero-order valence-electron chi connectivity index (χ0n) is 7.83. The molecule has 0 spiro atoms. The quantitative estimate of drug-likeness (QED) is 0.748. The Bertz CT molecular complexity index is 323. The second-order valence-corrected chi connectivity index (χ2v) is 4.04. The molecule has 0 unspecified atom stereocenters. The Morgan fingerprint density at radius 1 is 1.46 bits per heavy atom. The molecule has 1 aromatic carbocycles. The van der Waals surface area contributed by atoms with Crippen LogP contribution in [0.1, 0.15) is 11.1 Å². The number of rotatable bonds is 3. The highest BCUT2D eigenvalue weighted by Gasteiger charge is 2.01. The first-order valence-electron chi connectivity index (χ1n) is 4.08. The van der Waals surface area contributed by atoms with Gasteiger partial charge in [-0.2, -0.15) is 0 Å². The summed E-state index contributed by atoms with van der Waals surface area (Å²) in [7, 11) is 0. The van der Waals surface area contributed by atoms with E-state index in [2.05, 4.69) is 13.0 Å². The molecule has 0 atom stereocenters. The van der Waals surface area contributed by atoms with Crippen molar-refractivity contribution in [3.63, 3.8) is 0 Å². The number of nitrogens with two attached hydrogens (primary N) is 1. The number of amides is 1. The van der Waals surface area contributed by atoms with E-state index in [0.717, 1.165) is 4.90 Å². The van der Waals surface area contributed by atoms with Crippen molar-refractivity contribution in [3.05, 3.63) is 29.3 Å². The van der Waals surface area contributed by atoms with Gasteiger partial charge in [0.05, 0.1) is 5.75 Å². The van der Waals surface area contributed by atoms with Crippen LogP contribution < -0.4 is 5.73 Å². The third-order valence-electron chi connectivity index (χ3n) is 1.70. The van der Waals surface area contributed by atoms with E-state index < -0.39 is 0 Å². The van der Waals surface area contributed by atoms with Gasteiger partial charge in [0.15, 0.2) is 0 Å². The molecule has 13 heavy (non-hydrogen) atoms. The molecule has 0 fully saturated rings. The van der Waals surface area contributed by atoms with Gasteiger partial charge in [0, 0.05) is 4.90 Å². The average molecular weight is 195 g/mol. The molecule has 0 aliphatic rings. The van der Waals surface area contributed by atoms with E-state index in [9.17, 15) is 4.79 Å². The highest BCUT2D eigenvalue weighted by molar-refractivity contribution is 8.00. The minimum atomic E-state index is -0.273. The summed E-state index contributed by atoms with van der Waals surface area (Å²) in [6.07, 6.45) is 0. The zero-order chi connectivity index (χ0) is 9.84. The normalized spacial score (nSPS) is 10.0. The van der Waals surface area contributed by atoms with E-state index in [1.165, 1.54) is 22.9 Å². The van der Waals surface area contributed by atoms with Gasteiger partial charge in [-0.25, -0.2) is 0 Å². The predicted octanol–water partition coefficient (Wildman–Crippen LogP) is 1.88. The Hall–Kier alpha value is -0.960. The molecule has 70 valence electrons. The van der Waals surface area contributed by atoms with Crippen molar-refractivity contribution >= 4 is 17.7 Å². The van der Waals surface area contributed by atoms with E-state index in [1.54, 1.807) is 0 Å². The van der Waals surface area contributed by atoms with Crippen molar-refractivity contribution in [2.45, 2.75) is 18.7 Å². The Kier molecular flexibility index (Phi) is 3.37. The Balaban J connectivity index is 2.72. The van der Waals surface area contributed by atoms with E-state index in [-0.39, 0.29) is 5.91 Å². The number of aryl methyl sites for hydroxylation is 2. The molecule has 0 saturated carbocycles. The molecule has 3 heteroatoms. The Morgan fingerprint density at radius 3 is 2.69 bits per heavy atom. The van der Waals surface area contributed by atoms with Crippen molar-refractivity contribution in [3.8, 4) is 0 Å². The van der Waals surface area contributed by atoms with Gasteiger partial charge in [-0.3, -0.25) is 4.79 Å². The lowest BCUT2D eigenvalue weighted by molar-refractivity contribution is -0.115. The molecule has 0 heterocycles. The molecule has 0 aliphatic heterocycles. The van der Waals surface area contributed by atoms with Gasteiger partial charge in [0.2, 0.25) is 5.91 Å². The van der Waals surface area contributed by atoms with Gasteiger partial charge in [-0.05, 0) is 25.5 Å². The summed E-state index contributed by atoms with van der Waals surface area (Å²) in [5, 5.41) is 0. The number of hydrogen-bond acceptors (Lipinski definition) is 2. The molecule has 0 aromatic heterocycles. The first-order chi connectivity index (χ1) is 6.09. The van der Waals surface area contributed by atoms with E-state index in [0.29, 0.717) is 5.75 Å². The van der Waals surface area contributed by atoms with E-state index in [4.69, 9.17) is 5.73 Å². The fourth-order valence-corrected chi connectivity index (χ4v) is 1.86. The third kappa shape index (κ3) is 3.11. The fourth-order valence-electron chi connectivity index (χ4n) is 1.11. The molecule has 0 saturated heterocycles. The third-order valence-corrected chi connectivity index (χ3v) is 2.90. The summed E-state index contributed by atoms with van der Waals surface area (Å²) in [6.45, 7) is 4.09. The predicted molar refractivity (Wildman–Crippen MR) is 55.8 cm³/mol. The summed E-state index contributed by atoms with van der Waals surface area (Å²) in [4.78, 5) is 11.7. The van der Waals surface area contributed by atoms with Crippen molar-refractivity contribution < 1.29 is 4.79 Å². The number of carbonyl (C=O) groups excluding carboxylic acids is 1. The first-order valence-corrected chi connectivity index (χ1v) is 5.06. The molecule has 1 aromatic rings. The van der Waals surface area contributed by atoms with Crippen molar-refractivity contribution in [1.29, 1.82) is 0 Å². The number of carbonyl (C=O) groups is 1. The summed E-state index contributed by atoms with van der Waals surface area (Å²) in [6, 6.07) is 6.16. The summed E-state index contributed by atoms with van der Waals surface area (Å²) >= 11 is 1.49. The standard InChI is InChI=1S/C10H13NOS/c1-7-3-4-9(8(2)5-7)13-6-10(11)12/h3-5H,6H2,1-2H3,(H2,11,12). The maximum atomic E-state index is 10.6. The summed E-state index contributed by atoms with van der Waals surface area (Å²) in [5.74, 6) is 0.0779. The molecular formula is C10H13NOS. The lowest BCUT2D eigenvalue weighted by atomic mass is 10.2. The first kappa shape index (κ1) is 10.1. The smallest absolute Gasteiger partial charge is 0.227 e. The average Bonchev–Trinajstić information content (AvgIpc) is 2.02. The maximum Gasteiger partial charge on any atom is 0.227 e. The molecule has 2 N–H and O–H groups in total. The molecule has 1 amide bonds. The van der Waals surface area contributed by atoms with Crippen LogP contribution in [0, 0.1) is 13.8 Å². The lowest BCUT2D eigenvalue weighted by Gasteiger charge is -2.04. The van der Waals surface area contributed by atoms with Gasteiger partial charge in [0.1, 0.15) is 0 Å².